The van der Waals surface area contributed by atoms with Crippen LogP contribution in [0.3, 0.4) is 0 Å². The van der Waals surface area contributed by atoms with Crippen LogP contribution in [0.2, 0.25) is 0 Å². The highest BCUT2D eigenvalue weighted by atomic mass is 16.5. The fourth-order valence-electron chi connectivity index (χ4n) is 2.03. The zero-order valence-corrected chi connectivity index (χ0v) is 12.4. The molecule has 4 heteroatoms. The quantitative estimate of drug-likeness (QED) is 0.631. The molecule has 1 aromatic heterocycles. The van der Waals surface area contributed by atoms with Crippen LogP contribution in [0.15, 0.2) is 69.2 Å². The maximum atomic E-state index is 9.85. The zero-order chi connectivity index (χ0) is 15.5. The summed E-state index contributed by atoms with van der Waals surface area (Å²) >= 11 is 0. The molecule has 22 heavy (non-hydrogen) atoms. The molecule has 4 nitrogen and oxygen atoms in total. The molecule has 0 radical (unpaired) electrons. The molecule has 0 aliphatic carbocycles. The largest absolute Gasteiger partial charge is 0.479 e. The van der Waals surface area contributed by atoms with Crippen molar-refractivity contribution in [2.24, 2.45) is 10.2 Å². The molecular formula is C18H16N2O2. The van der Waals surface area contributed by atoms with Crippen LogP contribution in [0, 0.1) is 13.8 Å². The molecule has 1 heterocycles. The Morgan fingerprint density at radius 3 is 2.05 bits per heavy atom. The van der Waals surface area contributed by atoms with Gasteiger partial charge in [0.05, 0.1) is 5.69 Å². The van der Waals surface area contributed by atoms with Crippen LogP contribution in [-0.2, 0) is 0 Å². The average molecular weight is 292 g/mol. The molecule has 1 N–H and O–H groups in total. The molecule has 0 fully saturated rings. The number of hydrogen-bond donors (Lipinski definition) is 1. The van der Waals surface area contributed by atoms with E-state index in [-0.39, 0.29) is 5.95 Å². The minimum absolute atomic E-state index is 0.230. The van der Waals surface area contributed by atoms with E-state index in [1.165, 1.54) is 5.56 Å². The van der Waals surface area contributed by atoms with E-state index in [9.17, 15) is 5.11 Å². The van der Waals surface area contributed by atoms with Crippen LogP contribution in [-0.4, -0.2) is 5.11 Å². The van der Waals surface area contributed by atoms with Crippen LogP contribution >= 0.6 is 0 Å². The van der Waals surface area contributed by atoms with Gasteiger partial charge in [-0.2, -0.15) is 5.11 Å². The number of rotatable bonds is 3. The molecule has 3 rings (SSSR count). The molecular weight excluding hydrogens is 276 g/mol. The summed E-state index contributed by atoms with van der Waals surface area (Å²) in [5, 5.41) is 18.0. The van der Waals surface area contributed by atoms with E-state index in [1.54, 1.807) is 6.07 Å². The second kappa shape index (κ2) is 5.85. The van der Waals surface area contributed by atoms with Crippen LogP contribution in [0.5, 0.6) is 5.95 Å². The van der Waals surface area contributed by atoms with Crippen molar-refractivity contribution in [3.63, 3.8) is 0 Å². The predicted octanol–water partition coefficient (Wildman–Crippen LogP) is 5.68. The fourth-order valence-corrected chi connectivity index (χ4v) is 2.03. The lowest BCUT2D eigenvalue weighted by molar-refractivity contribution is 0.339. The zero-order valence-electron chi connectivity index (χ0n) is 12.4. The van der Waals surface area contributed by atoms with Gasteiger partial charge in [-0.15, -0.1) is 5.11 Å². The summed E-state index contributed by atoms with van der Waals surface area (Å²) in [5.74, 6) is 0.335. The molecule has 0 spiro atoms. The van der Waals surface area contributed by atoms with Crippen LogP contribution in [0.4, 0.5) is 11.4 Å². The highest BCUT2D eigenvalue weighted by Gasteiger charge is 2.11. The number of benzene rings is 2. The molecule has 2 aromatic carbocycles. The van der Waals surface area contributed by atoms with Crippen LogP contribution < -0.4 is 0 Å². The topological polar surface area (TPSA) is 58.1 Å². The minimum atomic E-state index is -0.230. The second-order valence-electron chi connectivity index (χ2n) is 5.20. The Hall–Kier alpha value is -2.88. The molecule has 0 atom stereocenters. The van der Waals surface area contributed by atoms with Gasteiger partial charge in [-0.25, -0.2) is 0 Å². The maximum Gasteiger partial charge on any atom is 0.311 e. The van der Waals surface area contributed by atoms with E-state index in [4.69, 9.17) is 4.42 Å². The number of nitrogens with zero attached hydrogens (tertiary/aromatic N) is 2. The standard InChI is InChI=1S/C18H16N2O2/c1-12-3-7-14(8-4-12)17-11-16(18(21)22-17)20-19-15-9-5-13(2)6-10-15/h3-11,21H,1-2H3. The Morgan fingerprint density at radius 1 is 0.818 bits per heavy atom. The summed E-state index contributed by atoms with van der Waals surface area (Å²) in [6.07, 6.45) is 0. The van der Waals surface area contributed by atoms with Crippen LogP contribution in [0.1, 0.15) is 11.1 Å². The predicted molar refractivity (Wildman–Crippen MR) is 85.9 cm³/mol. The van der Waals surface area contributed by atoms with Crippen molar-refractivity contribution in [2.45, 2.75) is 13.8 Å². The minimum Gasteiger partial charge on any atom is -0.479 e. The molecule has 3 aromatic rings. The first-order chi connectivity index (χ1) is 10.6. The number of aromatic hydroxyl groups is 1. The fraction of sp³-hybridized carbons (Fsp3) is 0.111. The van der Waals surface area contributed by atoms with Gasteiger partial charge in [-0.05, 0) is 26.0 Å². The normalized spacial score (nSPS) is 11.2. The third-order valence-electron chi connectivity index (χ3n) is 3.34. The van der Waals surface area contributed by atoms with Crippen molar-refractivity contribution in [1.82, 2.24) is 0 Å². The van der Waals surface area contributed by atoms with Crippen molar-refractivity contribution < 1.29 is 9.52 Å². The van der Waals surface area contributed by atoms with Gasteiger partial charge >= 0.3 is 5.95 Å². The first kappa shape index (κ1) is 14.1. The molecule has 0 unspecified atom stereocenters. The lowest BCUT2D eigenvalue weighted by Crippen LogP contribution is -1.74. The monoisotopic (exact) mass is 292 g/mol. The van der Waals surface area contributed by atoms with E-state index >= 15 is 0 Å². The van der Waals surface area contributed by atoms with E-state index < -0.39 is 0 Å². The second-order valence-corrected chi connectivity index (χ2v) is 5.20. The van der Waals surface area contributed by atoms with Gasteiger partial charge in [0.2, 0.25) is 0 Å². The molecule has 0 saturated heterocycles. The molecule has 0 bridgehead atoms. The summed E-state index contributed by atoms with van der Waals surface area (Å²) in [5.41, 5.74) is 4.25. The Kier molecular flexibility index (Phi) is 3.74. The van der Waals surface area contributed by atoms with Gasteiger partial charge in [-0.1, -0.05) is 47.5 Å². The highest BCUT2D eigenvalue weighted by Crippen LogP contribution is 2.36. The number of aryl methyl sites for hydroxylation is 2. The molecule has 0 saturated carbocycles. The van der Waals surface area contributed by atoms with Gasteiger partial charge in [0, 0.05) is 11.6 Å². The number of hydrogen-bond acceptors (Lipinski definition) is 4. The molecule has 0 aliphatic rings. The van der Waals surface area contributed by atoms with E-state index in [0.29, 0.717) is 11.4 Å². The lowest BCUT2D eigenvalue weighted by atomic mass is 10.1. The molecule has 110 valence electrons. The smallest absolute Gasteiger partial charge is 0.311 e. The van der Waals surface area contributed by atoms with Crippen molar-refractivity contribution in [2.75, 3.05) is 0 Å². The number of azo groups is 1. The van der Waals surface area contributed by atoms with Gasteiger partial charge in [0.1, 0.15) is 5.76 Å². The Balaban J connectivity index is 1.86. The van der Waals surface area contributed by atoms with Crippen molar-refractivity contribution in [3.8, 4) is 17.3 Å². The van der Waals surface area contributed by atoms with E-state index in [0.717, 1.165) is 16.8 Å². The third-order valence-corrected chi connectivity index (χ3v) is 3.34. The summed E-state index contributed by atoms with van der Waals surface area (Å²) in [6, 6.07) is 17.2. The van der Waals surface area contributed by atoms with E-state index in [1.807, 2.05) is 62.4 Å². The summed E-state index contributed by atoms with van der Waals surface area (Å²) in [4.78, 5) is 0. The van der Waals surface area contributed by atoms with Gasteiger partial charge in [-0.3, -0.25) is 0 Å². The van der Waals surface area contributed by atoms with Gasteiger partial charge in [0.25, 0.3) is 0 Å². The summed E-state index contributed by atoms with van der Waals surface area (Å²) in [6.45, 7) is 4.03. The first-order valence-corrected chi connectivity index (χ1v) is 7.00. The van der Waals surface area contributed by atoms with Crippen molar-refractivity contribution >= 4 is 11.4 Å². The van der Waals surface area contributed by atoms with Gasteiger partial charge in [0.15, 0.2) is 5.69 Å². The third kappa shape index (κ3) is 3.06. The Morgan fingerprint density at radius 2 is 1.41 bits per heavy atom. The summed E-state index contributed by atoms with van der Waals surface area (Å²) < 4.78 is 5.35. The first-order valence-electron chi connectivity index (χ1n) is 7.00. The average Bonchev–Trinajstić information content (AvgIpc) is 2.88. The van der Waals surface area contributed by atoms with Gasteiger partial charge < -0.3 is 9.52 Å². The van der Waals surface area contributed by atoms with Crippen molar-refractivity contribution in [1.29, 1.82) is 0 Å². The number of furan rings is 1. The lowest BCUT2D eigenvalue weighted by Gasteiger charge is -1.96. The molecule has 0 aliphatic heterocycles. The van der Waals surface area contributed by atoms with E-state index in [2.05, 4.69) is 10.2 Å². The maximum absolute atomic E-state index is 9.85. The molecule has 0 amide bonds. The van der Waals surface area contributed by atoms with Crippen molar-refractivity contribution in [3.05, 3.63) is 65.7 Å². The summed E-state index contributed by atoms with van der Waals surface area (Å²) in [7, 11) is 0. The Labute approximate surface area is 128 Å². The van der Waals surface area contributed by atoms with Crippen LogP contribution in [0.25, 0.3) is 11.3 Å². The highest BCUT2D eigenvalue weighted by molar-refractivity contribution is 5.65. The Bertz CT molecular complexity index is 800. The SMILES string of the molecule is Cc1ccc(N=Nc2cc(-c3ccc(C)cc3)oc2O)cc1.